The molecule has 1 aliphatic heterocycles. The van der Waals surface area contributed by atoms with Crippen molar-refractivity contribution in [1.82, 2.24) is 10.6 Å². The highest BCUT2D eigenvalue weighted by atomic mass is 35.5. The number of halogens is 1. The molecule has 1 atom stereocenters. The molecule has 0 aromatic rings. The van der Waals surface area contributed by atoms with E-state index in [-0.39, 0.29) is 30.7 Å². The van der Waals surface area contributed by atoms with E-state index in [9.17, 15) is 9.59 Å². The average molecular weight is 321 g/mol. The number of esters is 1. The van der Waals surface area contributed by atoms with E-state index in [0.29, 0.717) is 12.3 Å². The van der Waals surface area contributed by atoms with Gasteiger partial charge in [-0.3, -0.25) is 9.59 Å². The second-order valence-electron chi connectivity index (χ2n) is 5.69. The highest BCUT2D eigenvalue weighted by Crippen LogP contribution is 2.21. The number of nitrogens with one attached hydrogen (secondary N) is 2. The fraction of sp³-hybridized carbons (Fsp3) is 0.867. The Morgan fingerprint density at radius 1 is 1.33 bits per heavy atom. The number of methoxy groups -OCH3 is 1. The van der Waals surface area contributed by atoms with Crippen LogP contribution in [0.1, 0.15) is 52.4 Å². The summed E-state index contributed by atoms with van der Waals surface area (Å²) >= 11 is 0. The predicted octanol–water partition coefficient (Wildman–Crippen LogP) is 2.04. The second-order valence-corrected chi connectivity index (χ2v) is 5.69. The zero-order valence-corrected chi connectivity index (χ0v) is 14.2. The van der Waals surface area contributed by atoms with Crippen LogP contribution in [0, 0.1) is 5.92 Å². The molecule has 0 aromatic heterocycles. The fourth-order valence-electron chi connectivity index (χ4n) is 2.72. The molecule has 5 nitrogen and oxygen atoms in total. The Kier molecular flexibility index (Phi) is 9.62. The van der Waals surface area contributed by atoms with Crippen molar-refractivity contribution in [2.24, 2.45) is 5.92 Å². The van der Waals surface area contributed by atoms with E-state index >= 15 is 0 Å². The van der Waals surface area contributed by atoms with Crippen LogP contribution < -0.4 is 10.6 Å². The van der Waals surface area contributed by atoms with Crippen LogP contribution in [0.25, 0.3) is 0 Å². The van der Waals surface area contributed by atoms with Gasteiger partial charge in [-0.25, -0.2) is 0 Å². The average Bonchev–Trinajstić information content (AvgIpc) is 2.97. The van der Waals surface area contributed by atoms with Gasteiger partial charge in [0.05, 0.1) is 13.5 Å². The lowest BCUT2D eigenvalue weighted by atomic mass is 9.88. The quantitative estimate of drug-likeness (QED) is 0.672. The van der Waals surface area contributed by atoms with Gasteiger partial charge in [-0.15, -0.1) is 12.4 Å². The first-order valence-corrected chi connectivity index (χ1v) is 7.63. The van der Waals surface area contributed by atoms with Gasteiger partial charge in [0.25, 0.3) is 0 Å². The predicted molar refractivity (Wildman–Crippen MR) is 85.5 cm³/mol. The zero-order valence-electron chi connectivity index (χ0n) is 13.4. The summed E-state index contributed by atoms with van der Waals surface area (Å²) in [6.07, 6.45) is 4.32. The topological polar surface area (TPSA) is 67.4 Å². The smallest absolute Gasteiger partial charge is 0.307 e. The van der Waals surface area contributed by atoms with Crippen LogP contribution in [0.3, 0.4) is 0 Å². The molecule has 6 heteroatoms. The standard InChI is InChI=1S/C15H28N2O3.ClH/c1-4-15(5-2,10-14(19)20-3)17-13(18)7-6-12-8-9-16-11-12;/h12,16H,4-11H2,1-3H3,(H,17,18);1H. The molecule has 0 aliphatic carbocycles. The van der Waals surface area contributed by atoms with Gasteiger partial charge in [-0.05, 0) is 44.7 Å². The highest BCUT2D eigenvalue weighted by Gasteiger charge is 2.31. The van der Waals surface area contributed by atoms with Crippen molar-refractivity contribution in [1.29, 1.82) is 0 Å². The van der Waals surface area contributed by atoms with E-state index in [0.717, 1.165) is 38.8 Å². The van der Waals surface area contributed by atoms with Crippen LogP contribution in [0.2, 0.25) is 0 Å². The van der Waals surface area contributed by atoms with E-state index in [1.54, 1.807) is 0 Å². The summed E-state index contributed by atoms with van der Waals surface area (Å²) in [5, 5.41) is 6.37. The molecule has 0 spiro atoms. The third kappa shape index (κ3) is 6.66. The van der Waals surface area contributed by atoms with E-state index in [4.69, 9.17) is 4.74 Å². The number of ether oxygens (including phenoxy) is 1. The molecule has 1 rings (SSSR count). The van der Waals surface area contributed by atoms with Crippen LogP contribution >= 0.6 is 12.4 Å². The molecule has 0 aromatic carbocycles. The first kappa shape index (κ1) is 20.2. The minimum atomic E-state index is -0.460. The lowest BCUT2D eigenvalue weighted by Crippen LogP contribution is -2.49. The van der Waals surface area contributed by atoms with Crippen LogP contribution in [0.4, 0.5) is 0 Å². The Hall–Kier alpha value is -0.810. The summed E-state index contributed by atoms with van der Waals surface area (Å²) in [6, 6.07) is 0. The maximum absolute atomic E-state index is 12.1. The molecule has 0 saturated carbocycles. The third-order valence-corrected chi connectivity index (χ3v) is 4.41. The summed E-state index contributed by atoms with van der Waals surface area (Å²) in [7, 11) is 1.38. The number of hydrogen-bond donors (Lipinski definition) is 2. The van der Waals surface area contributed by atoms with Crippen LogP contribution in [-0.2, 0) is 14.3 Å². The van der Waals surface area contributed by atoms with Crippen molar-refractivity contribution in [2.45, 2.75) is 57.9 Å². The number of carbonyl (C=O) groups is 2. The molecule has 1 aliphatic rings. The summed E-state index contributed by atoms with van der Waals surface area (Å²) < 4.78 is 4.73. The maximum atomic E-state index is 12.1. The molecule has 2 N–H and O–H groups in total. The molecule has 124 valence electrons. The van der Waals surface area contributed by atoms with Crippen molar-refractivity contribution in [3.63, 3.8) is 0 Å². The Labute approximate surface area is 134 Å². The maximum Gasteiger partial charge on any atom is 0.307 e. The summed E-state index contributed by atoms with van der Waals surface area (Å²) in [5.41, 5.74) is -0.460. The largest absolute Gasteiger partial charge is 0.469 e. The molecule has 21 heavy (non-hydrogen) atoms. The van der Waals surface area contributed by atoms with Gasteiger partial charge < -0.3 is 15.4 Å². The molecule has 1 heterocycles. The fourth-order valence-corrected chi connectivity index (χ4v) is 2.72. The van der Waals surface area contributed by atoms with Gasteiger partial charge in [-0.2, -0.15) is 0 Å². The number of rotatable bonds is 8. The zero-order chi connectivity index (χ0) is 15.0. The molecule has 0 radical (unpaired) electrons. The lowest BCUT2D eigenvalue weighted by molar-refractivity contribution is -0.142. The SMILES string of the molecule is CCC(CC)(CC(=O)OC)NC(=O)CCC1CCNC1.Cl. The Morgan fingerprint density at radius 2 is 2.00 bits per heavy atom. The lowest BCUT2D eigenvalue weighted by Gasteiger charge is -2.32. The molecular formula is C15H29ClN2O3. The Morgan fingerprint density at radius 3 is 2.48 bits per heavy atom. The van der Waals surface area contributed by atoms with E-state index < -0.39 is 5.54 Å². The van der Waals surface area contributed by atoms with Gasteiger partial charge in [0, 0.05) is 12.0 Å². The van der Waals surface area contributed by atoms with Crippen molar-refractivity contribution in [3.8, 4) is 0 Å². The molecule has 1 unspecified atom stereocenters. The number of hydrogen-bond acceptors (Lipinski definition) is 4. The Balaban J connectivity index is 0.00000400. The second kappa shape index (κ2) is 10.0. The van der Waals surface area contributed by atoms with Gasteiger partial charge in [0.2, 0.25) is 5.91 Å². The summed E-state index contributed by atoms with van der Waals surface area (Å²) in [5.74, 6) is 0.387. The highest BCUT2D eigenvalue weighted by molar-refractivity contribution is 5.85. The normalized spacial score (nSPS) is 18.0. The Bertz CT molecular complexity index is 327. The third-order valence-electron chi connectivity index (χ3n) is 4.41. The molecule has 0 bridgehead atoms. The van der Waals surface area contributed by atoms with Crippen LogP contribution in [0.5, 0.6) is 0 Å². The van der Waals surface area contributed by atoms with Gasteiger partial charge in [0.1, 0.15) is 0 Å². The van der Waals surface area contributed by atoms with E-state index in [1.165, 1.54) is 7.11 Å². The van der Waals surface area contributed by atoms with Gasteiger partial charge in [0.15, 0.2) is 0 Å². The van der Waals surface area contributed by atoms with Crippen molar-refractivity contribution in [3.05, 3.63) is 0 Å². The summed E-state index contributed by atoms with van der Waals surface area (Å²) in [6.45, 7) is 6.06. The molecule has 1 fully saturated rings. The van der Waals surface area contributed by atoms with Crippen molar-refractivity contribution < 1.29 is 14.3 Å². The summed E-state index contributed by atoms with van der Waals surface area (Å²) in [4.78, 5) is 23.6. The monoisotopic (exact) mass is 320 g/mol. The minimum absolute atomic E-state index is 0. The first-order chi connectivity index (χ1) is 9.55. The van der Waals surface area contributed by atoms with Crippen LogP contribution in [0.15, 0.2) is 0 Å². The molecule has 1 amide bonds. The minimum Gasteiger partial charge on any atom is -0.469 e. The van der Waals surface area contributed by atoms with E-state index in [2.05, 4.69) is 10.6 Å². The molecule has 1 saturated heterocycles. The first-order valence-electron chi connectivity index (χ1n) is 7.63. The number of amides is 1. The van der Waals surface area contributed by atoms with Gasteiger partial charge >= 0.3 is 5.97 Å². The van der Waals surface area contributed by atoms with E-state index in [1.807, 2.05) is 13.8 Å². The van der Waals surface area contributed by atoms with Crippen LogP contribution in [-0.4, -0.2) is 37.6 Å². The number of carbonyl (C=O) groups excluding carboxylic acids is 2. The van der Waals surface area contributed by atoms with Crippen molar-refractivity contribution in [2.75, 3.05) is 20.2 Å². The molecular weight excluding hydrogens is 292 g/mol. The van der Waals surface area contributed by atoms with Gasteiger partial charge in [-0.1, -0.05) is 13.8 Å². The van der Waals surface area contributed by atoms with Crippen molar-refractivity contribution >= 4 is 24.3 Å².